The number of nitrogens with one attached hydrogen (secondary N) is 1. The topological polar surface area (TPSA) is 81.4 Å². The van der Waals surface area contributed by atoms with Crippen LogP contribution in [-0.4, -0.2) is 23.5 Å². The molecule has 2 rings (SSSR count). The summed E-state index contributed by atoms with van der Waals surface area (Å²) in [7, 11) is 0. The van der Waals surface area contributed by atoms with E-state index < -0.39 is 18.5 Å². The van der Waals surface area contributed by atoms with Gasteiger partial charge in [0.25, 0.3) is 5.91 Å². The Kier molecular flexibility index (Phi) is 6.42. The van der Waals surface area contributed by atoms with Crippen LogP contribution in [0, 0.1) is 6.92 Å². The molecule has 0 aliphatic carbocycles. The number of hydrogen-bond acceptors (Lipinski definition) is 5. The smallest absolute Gasteiger partial charge is 0.331 e. The normalized spacial score (nSPS) is 10.8. The van der Waals surface area contributed by atoms with Crippen LogP contribution in [0.4, 0.5) is 5.82 Å². The Morgan fingerprint density at radius 1 is 1.42 bits per heavy atom. The SMILES string of the molecule is Cc1c(Cl)cnc(NC(=O)COC(=O)/C=C/c2ccc(Br)o2)c1Cl. The number of halogens is 3. The second-order valence-electron chi connectivity index (χ2n) is 4.52. The van der Waals surface area contributed by atoms with E-state index in [2.05, 4.69) is 26.2 Å². The van der Waals surface area contributed by atoms with Crippen LogP contribution in [0.15, 0.2) is 33.5 Å². The van der Waals surface area contributed by atoms with Crippen molar-refractivity contribution in [2.75, 3.05) is 11.9 Å². The van der Waals surface area contributed by atoms with Crippen molar-refractivity contribution in [3.63, 3.8) is 0 Å². The molecule has 1 N–H and O–H groups in total. The van der Waals surface area contributed by atoms with Gasteiger partial charge in [0.05, 0.1) is 10.0 Å². The fourth-order valence-corrected chi connectivity index (χ4v) is 2.27. The van der Waals surface area contributed by atoms with E-state index in [0.717, 1.165) is 6.08 Å². The number of furan rings is 1. The zero-order chi connectivity index (χ0) is 17.7. The maximum absolute atomic E-state index is 11.8. The molecule has 0 aromatic carbocycles. The Morgan fingerprint density at radius 3 is 2.83 bits per heavy atom. The quantitative estimate of drug-likeness (QED) is 0.563. The summed E-state index contributed by atoms with van der Waals surface area (Å²) >= 11 is 15.0. The van der Waals surface area contributed by atoms with E-state index in [0.29, 0.717) is 21.0 Å². The summed E-state index contributed by atoms with van der Waals surface area (Å²) in [5.41, 5.74) is 0.591. The number of rotatable bonds is 5. The summed E-state index contributed by atoms with van der Waals surface area (Å²) < 4.78 is 10.5. The standard InChI is InChI=1S/C15H11BrCl2N2O4/c1-8-10(17)6-19-15(14(8)18)20-12(21)7-23-13(22)5-3-9-2-4-11(16)24-9/h2-6H,7H2,1H3,(H,19,20,21)/b5-3+. The summed E-state index contributed by atoms with van der Waals surface area (Å²) in [6, 6.07) is 3.35. The molecule has 0 saturated heterocycles. The molecule has 0 atom stereocenters. The van der Waals surface area contributed by atoms with Gasteiger partial charge in [0.1, 0.15) is 5.76 Å². The van der Waals surface area contributed by atoms with E-state index >= 15 is 0 Å². The number of nitrogens with zero attached hydrogens (tertiary/aromatic N) is 1. The Bertz CT molecular complexity index is 805. The largest absolute Gasteiger partial charge is 0.452 e. The van der Waals surface area contributed by atoms with Crippen molar-refractivity contribution in [3.05, 3.63) is 50.4 Å². The molecule has 1 amide bonds. The highest BCUT2D eigenvalue weighted by Crippen LogP contribution is 2.28. The molecule has 0 unspecified atom stereocenters. The molecule has 0 spiro atoms. The molecule has 24 heavy (non-hydrogen) atoms. The average Bonchev–Trinajstić information content (AvgIpc) is 2.97. The first-order chi connectivity index (χ1) is 11.4. The Balaban J connectivity index is 1.86. The van der Waals surface area contributed by atoms with Crippen LogP contribution >= 0.6 is 39.1 Å². The van der Waals surface area contributed by atoms with Gasteiger partial charge in [0, 0.05) is 12.3 Å². The Hall–Kier alpha value is -1.83. The molecule has 0 aliphatic rings. The van der Waals surface area contributed by atoms with Crippen molar-refractivity contribution in [2.24, 2.45) is 0 Å². The van der Waals surface area contributed by atoms with E-state index in [9.17, 15) is 9.59 Å². The fourth-order valence-electron chi connectivity index (χ4n) is 1.57. The van der Waals surface area contributed by atoms with Gasteiger partial charge < -0.3 is 14.5 Å². The van der Waals surface area contributed by atoms with E-state index in [1.54, 1.807) is 19.1 Å². The summed E-state index contributed by atoms with van der Waals surface area (Å²) in [4.78, 5) is 27.2. The molecule has 2 aromatic heterocycles. The van der Waals surface area contributed by atoms with Gasteiger partial charge in [-0.15, -0.1) is 0 Å². The van der Waals surface area contributed by atoms with Crippen LogP contribution < -0.4 is 5.32 Å². The Labute approximate surface area is 155 Å². The van der Waals surface area contributed by atoms with Crippen molar-refractivity contribution in [1.82, 2.24) is 4.98 Å². The van der Waals surface area contributed by atoms with Gasteiger partial charge >= 0.3 is 5.97 Å². The summed E-state index contributed by atoms with van der Waals surface area (Å²) in [5, 5.41) is 3.06. The number of ether oxygens (including phenoxy) is 1. The molecule has 0 fully saturated rings. The van der Waals surface area contributed by atoms with E-state index in [4.69, 9.17) is 32.4 Å². The van der Waals surface area contributed by atoms with Gasteiger partial charge in [-0.2, -0.15) is 0 Å². The highest BCUT2D eigenvalue weighted by Gasteiger charge is 2.12. The molecule has 0 radical (unpaired) electrons. The zero-order valence-electron chi connectivity index (χ0n) is 12.3. The summed E-state index contributed by atoms with van der Waals surface area (Å²) in [5.74, 6) is -0.649. The summed E-state index contributed by atoms with van der Waals surface area (Å²) in [6.07, 6.45) is 3.94. The second-order valence-corrected chi connectivity index (χ2v) is 6.09. The molecule has 9 heteroatoms. The predicted molar refractivity (Wildman–Crippen MR) is 94.0 cm³/mol. The van der Waals surface area contributed by atoms with Crippen LogP contribution in [0.25, 0.3) is 6.08 Å². The molecule has 126 valence electrons. The first-order valence-corrected chi connectivity index (χ1v) is 8.12. The summed E-state index contributed by atoms with van der Waals surface area (Å²) in [6.45, 7) is 1.21. The van der Waals surface area contributed by atoms with Gasteiger partial charge in [0.2, 0.25) is 0 Å². The van der Waals surface area contributed by atoms with E-state index in [-0.39, 0.29) is 10.8 Å². The van der Waals surface area contributed by atoms with Gasteiger partial charge in [-0.3, -0.25) is 4.79 Å². The third kappa shape index (κ3) is 5.09. The third-order valence-corrected chi connectivity index (χ3v) is 4.05. The number of hydrogen-bond donors (Lipinski definition) is 1. The van der Waals surface area contributed by atoms with Gasteiger partial charge in [-0.1, -0.05) is 23.2 Å². The van der Waals surface area contributed by atoms with Gasteiger partial charge in [-0.25, -0.2) is 9.78 Å². The molecule has 0 saturated carbocycles. The number of pyridine rings is 1. The first-order valence-electron chi connectivity index (χ1n) is 6.57. The van der Waals surface area contributed by atoms with Crippen molar-refractivity contribution in [2.45, 2.75) is 6.92 Å². The number of aromatic nitrogens is 1. The van der Waals surface area contributed by atoms with E-state index in [1.807, 2.05) is 0 Å². The average molecular weight is 434 g/mol. The van der Waals surface area contributed by atoms with E-state index in [1.165, 1.54) is 12.3 Å². The molecular formula is C15H11BrCl2N2O4. The number of esters is 1. The lowest BCUT2D eigenvalue weighted by molar-refractivity contribution is -0.142. The van der Waals surface area contributed by atoms with Crippen LogP contribution in [0.5, 0.6) is 0 Å². The number of amides is 1. The van der Waals surface area contributed by atoms with Crippen LogP contribution in [0.3, 0.4) is 0 Å². The maximum atomic E-state index is 11.8. The van der Waals surface area contributed by atoms with Crippen molar-refractivity contribution < 1.29 is 18.7 Å². The minimum Gasteiger partial charge on any atom is -0.452 e. The van der Waals surface area contributed by atoms with Crippen LogP contribution in [-0.2, 0) is 14.3 Å². The minimum atomic E-state index is -0.691. The molecule has 0 bridgehead atoms. The lowest BCUT2D eigenvalue weighted by atomic mass is 10.3. The zero-order valence-corrected chi connectivity index (χ0v) is 15.4. The molecule has 2 aromatic rings. The number of carbonyl (C=O) groups is 2. The predicted octanol–water partition coefficient (Wildman–Crippen LogP) is 4.25. The molecule has 2 heterocycles. The van der Waals surface area contributed by atoms with Crippen LogP contribution in [0.2, 0.25) is 10.0 Å². The minimum absolute atomic E-state index is 0.149. The monoisotopic (exact) mass is 432 g/mol. The van der Waals surface area contributed by atoms with Crippen molar-refractivity contribution in [1.29, 1.82) is 0 Å². The Morgan fingerprint density at radius 2 is 2.17 bits per heavy atom. The highest BCUT2D eigenvalue weighted by molar-refractivity contribution is 9.10. The third-order valence-electron chi connectivity index (χ3n) is 2.78. The first kappa shape index (κ1) is 18.5. The molecular weight excluding hydrogens is 423 g/mol. The van der Waals surface area contributed by atoms with Gasteiger partial charge in [0.15, 0.2) is 17.1 Å². The molecule has 0 aliphatic heterocycles. The van der Waals surface area contributed by atoms with Crippen molar-refractivity contribution in [3.8, 4) is 0 Å². The number of anilines is 1. The maximum Gasteiger partial charge on any atom is 0.331 e. The highest BCUT2D eigenvalue weighted by atomic mass is 79.9. The van der Waals surface area contributed by atoms with Crippen LogP contribution in [0.1, 0.15) is 11.3 Å². The lowest BCUT2D eigenvalue weighted by Crippen LogP contribution is -2.21. The lowest BCUT2D eigenvalue weighted by Gasteiger charge is -2.08. The van der Waals surface area contributed by atoms with Gasteiger partial charge in [-0.05, 0) is 46.6 Å². The molecule has 6 nitrogen and oxygen atoms in total. The number of carbonyl (C=O) groups excluding carboxylic acids is 2. The van der Waals surface area contributed by atoms with Crippen molar-refractivity contribution >= 4 is 62.9 Å². The fraction of sp³-hybridized carbons (Fsp3) is 0.133. The second kappa shape index (κ2) is 8.32.